The van der Waals surface area contributed by atoms with Crippen LogP contribution in [-0.2, 0) is 0 Å². The first-order valence-corrected chi connectivity index (χ1v) is 4.14. The van der Waals surface area contributed by atoms with E-state index >= 15 is 0 Å². The van der Waals surface area contributed by atoms with Crippen LogP contribution in [0, 0.1) is 0 Å². The van der Waals surface area contributed by atoms with Gasteiger partial charge in [-0.05, 0) is 19.4 Å². The molecule has 0 saturated heterocycles. The molecule has 0 aliphatic carbocycles. The molecule has 1 aromatic heterocycles. The van der Waals surface area contributed by atoms with Crippen molar-refractivity contribution in [2.45, 2.75) is 20.3 Å². The van der Waals surface area contributed by atoms with Crippen molar-refractivity contribution in [2.24, 2.45) is 0 Å². The second-order valence-corrected chi connectivity index (χ2v) is 2.68. The summed E-state index contributed by atoms with van der Waals surface area (Å²) in [5.74, 6) is 0. The van der Waals surface area contributed by atoms with Gasteiger partial charge in [-0.25, -0.2) is 0 Å². The Morgan fingerprint density at radius 3 is 2.58 bits per heavy atom. The van der Waals surface area contributed by atoms with Crippen LogP contribution in [0.5, 0.6) is 0 Å². The van der Waals surface area contributed by atoms with Crippen LogP contribution >= 0.6 is 0 Å². The molecular formula is C11H14O. The Bertz CT molecular complexity index is 462. The lowest BCUT2D eigenvalue weighted by Crippen LogP contribution is -2.35. The van der Waals surface area contributed by atoms with E-state index in [9.17, 15) is 0 Å². The average Bonchev–Trinajstić information content (AvgIpc) is 2.33. The van der Waals surface area contributed by atoms with Gasteiger partial charge in [0.2, 0.25) is 0 Å². The molecule has 0 unspecified atom stereocenters. The zero-order valence-electron chi connectivity index (χ0n) is 7.68. The van der Waals surface area contributed by atoms with Crippen LogP contribution < -0.4 is 21.3 Å². The molecule has 0 aromatic carbocycles. The minimum absolute atomic E-state index is 0.669. The fourth-order valence-corrected chi connectivity index (χ4v) is 1.19. The SMILES string of the molecule is C=c1oc(=C/C)/c(=C\CC)c1=C. The van der Waals surface area contributed by atoms with Crippen LogP contribution in [0.1, 0.15) is 20.3 Å². The highest BCUT2D eigenvalue weighted by molar-refractivity contribution is 5.28. The summed E-state index contributed by atoms with van der Waals surface area (Å²) in [5, 5.41) is 2.00. The Morgan fingerprint density at radius 1 is 1.42 bits per heavy atom. The predicted molar refractivity (Wildman–Crippen MR) is 53.1 cm³/mol. The molecular weight excluding hydrogens is 148 g/mol. The summed E-state index contributed by atoms with van der Waals surface area (Å²) in [7, 11) is 0. The van der Waals surface area contributed by atoms with Crippen LogP contribution in [0.4, 0.5) is 0 Å². The summed E-state index contributed by atoms with van der Waals surface area (Å²) in [6, 6.07) is 0. The van der Waals surface area contributed by atoms with Crippen molar-refractivity contribution in [3.05, 3.63) is 21.3 Å². The van der Waals surface area contributed by atoms with Gasteiger partial charge in [0.15, 0.2) is 0 Å². The standard InChI is InChI=1S/C11H14O/c1-5-7-10-8(3)9(4)12-11(10)6-2/h6-7H,3-5H2,1-2H3/b10-7-,11-6+. The highest BCUT2D eigenvalue weighted by atomic mass is 16.3. The van der Waals surface area contributed by atoms with E-state index in [1.165, 1.54) is 0 Å². The number of rotatable bonds is 1. The van der Waals surface area contributed by atoms with E-state index in [0.717, 1.165) is 22.3 Å². The molecule has 0 N–H and O–H groups in total. The van der Waals surface area contributed by atoms with Crippen LogP contribution in [0.15, 0.2) is 4.42 Å². The third-order valence-corrected chi connectivity index (χ3v) is 1.83. The smallest absolute Gasteiger partial charge is 0.130 e. The lowest BCUT2D eigenvalue weighted by Gasteiger charge is -1.76. The maximum absolute atomic E-state index is 5.39. The third kappa shape index (κ3) is 1.35. The minimum atomic E-state index is 0.669. The summed E-state index contributed by atoms with van der Waals surface area (Å²) in [4.78, 5) is 0. The highest BCUT2D eigenvalue weighted by Crippen LogP contribution is 1.70. The maximum Gasteiger partial charge on any atom is 0.130 e. The van der Waals surface area contributed by atoms with Gasteiger partial charge in [0, 0.05) is 10.4 Å². The molecule has 1 nitrogen and oxygen atoms in total. The monoisotopic (exact) mass is 162 g/mol. The van der Waals surface area contributed by atoms with Crippen molar-refractivity contribution >= 4 is 25.3 Å². The van der Waals surface area contributed by atoms with Crippen LogP contribution in [-0.4, -0.2) is 0 Å². The van der Waals surface area contributed by atoms with Gasteiger partial charge in [0.25, 0.3) is 0 Å². The molecule has 0 aliphatic heterocycles. The maximum atomic E-state index is 5.39. The molecule has 1 heteroatoms. The molecule has 0 saturated carbocycles. The van der Waals surface area contributed by atoms with Gasteiger partial charge in [0.1, 0.15) is 10.8 Å². The van der Waals surface area contributed by atoms with Crippen molar-refractivity contribution in [1.82, 2.24) is 0 Å². The highest BCUT2D eigenvalue weighted by Gasteiger charge is 1.91. The van der Waals surface area contributed by atoms with Crippen molar-refractivity contribution in [1.29, 1.82) is 0 Å². The lowest BCUT2D eigenvalue weighted by molar-refractivity contribution is 0.499. The Morgan fingerprint density at radius 2 is 2.08 bits per heavy atom. The number of furan rings is 1. The second-order valence-electron chi connectivity index (χ2n) is 2.68. The molecule has 0 fully saturated rings. The lowest BCUT2D eigenvalue weighted by atomic mass is 10.3. The molecule has 1 heterocycles. The summed E-state index contributed by atoms with van der Waals surface area (Å²) in [6.07, 6.45) is 5.03. The largest absolute Gasteiger partial charge is 0.457 e. The quantitative estimate of drug-likeness (QED) is 0.570. The molecule has 0 spiro atoms. The first-order valence-electron chi connectivity index (χ1n) is 4.14. The van der Waals surface area contributed by atoms with Crippen molar-refractivity contribution < 1.29 is 4.42 Å². The van der Waals surface area contributed by atoms with Gasteiger partial charge in [0.05, 0.1) is 0 Å². The van der Waals surface area contributed by atoms with Gasteiger partial charge in [-0.1, -0.05) is 26.2 Å². The summed E-state index contributed by atoms with van der Waals surface area (Å²) < 4.78 is 5.39. The second kappa shape index (κ2) is 3.44. The number of hydrogen-bond acceptors (Lipinski definition) is 1. The topological polar surface area (TPSA) is 13.1 Å². The zero-order chi connectivity index (χ0) is 9.14. The zero-order valence-corrected chi connectivity index (χ0v) is 7.68. The molecule has 0 atom stereocenters. The normalized spacial score (nSPS) is 14.2. The molecule has 0 bridgehead atoms. The first-order chi connectivity index (χ1) is 5.70. The van der Waals surface area contributed by atoms with E-state index in [2.05, 4.69) is 26.2 Å². The predicted octanol–water partition coefficient (Wildman–Crippen LogP) is 0.0911. The average molecular weight is 162 g/mol. The van der Waals surface area contributed by atoms with Gasteiger partial charge in [-0.2, -0.15) is 0 Å². The molecule has 64 valence electrons. The summed E-state index contributed by atoms with van der Waals surface area (Å²) in [5.41, 5.74) is 1.55. The number of hydrogen-bond donors (Lipinski definition) is 0. The van der Waals surface area contributed by atoms with E-state index in [4.69, 9.17) is 4.42 Å². The fraction of sp³-hybridized carbons (Fsp3) is 0.273. The Hall–Kier alpha value is -1.24. The van der Waals surface area contributed by atoms with Gasteiger partial charge >= 0.3 is 0 Å². The Balaban J connectivity index is 3.78. The Labute approximate surface area is 72.0 Å². The van der Waals surface area contributed by atoms with Gasteiger partial charge < -0.3 is 4.42 Å². The van der Waals surface area contributed by atoms with E-state index in [0.29, 0.717) is 5.42 Å². The molecule has 0 aliphatic rings. The van der Waals surface area contributed by atoms with E-state index in [1.807, 2.05) is 13.0 Å². The van der Waals surface area contributed by atoms with Gasteiger partial charge in [-0.3, -0.25) is 0 Å². The Kier molecular flexibility index (Phi) is 2.54. The van der Waals surface area contributed by atoms with Crippen LogP contribution in [0.2, 0.25) is 0 Å². The van der Waals surface area contributed by atoms with Crippen molar-refractivity contribution in [2.75, 3.05) is 0 Å². The van der Waals surface area contributed by atoms with Crippen LogP contribution in [0.25, 0.3) is 25.3 Å². The minimum Gasteiger partial charge on any atom is -0.457 e. The molecule has 1 aromatic rings. The summed E-state index contributed by atoms with van der Waals surface area (Å²) in [6.45, 7) is 11.7. The van der Waals surface area contributed by atoms with E-state index < -0.39 is 0 Å². The summed E-state index contributed by atoms with van der Waals surface area (Å²) >= 11 is 0. The van der Waals surface area contributed by atoms with Crippen molar-refractivity contribution in [3.63, 3.8) is 0 Å². The van der Waals surface area contributed by atoms with Crippen LogP contribution in [0.3, 0.4) is 0 Å². The molecule has 12 heavy (non-hydrogen) atoms. The molecule has 0 radical (unpaired) electrons. The fourth-order valence-electron chi connectivity index (χ4n) is 1.19. The molecule has 0 amide bonds. The third-order valence-electron chi connectivity index (χ3n) is 1.83. The van der Waals surface area contributed by atoms with Gasteiger partial charge in [-0.15, -0.1) is 0 Å². The van der Waals surface area contributed by atoms with Crippen molar-refractivity contribution in [3.8, 4) is 0 Å². The van der Waals surface area contributed by atoms with E-state index in [1.54, 1.807) is 0 Å². The first kappa shape index (κ1) is 8.85. The van der Waals surface area contributed by atoms with E-state index in [-0.39, 0.29) is 0 Å². The molecule has 1 rings (SSSR count).